The van der Waals surface area contributed by atoms with Crippen molar-refractivity contribution in [1.82, 2.24) is 10.2 Å². The van der Waals surface area contributed by atoms with Gasteiger partial charge < -0.3 is 20.1 Å². The Morgan fingerprint density at radius 1 is 1.09 bits per heavy atom. The number of aliphatic carboxylic acids is 1. The third-order valence-electron chi connectivity index (χ3n) is 7.47. The molecule has 2 heterocycles. The van der Waals surface area contributed by atoms with Gasteiger partial charge in [-0.1, -0.05) is 61.5 Å². The van der Waals surface area contributed by atoms with Gasteiger partial charge in [0.1, 0.15) is 12.1 Å². The Labute approximate surface area is 198 Å². The molecule has 0 unspecified atom stereocenters. The summed E-state index contributed by atoms with van der Waals surface area (Å²) in [5.74, 6) is -1.26. The fraction of sp³-hybridized carbons (Fsp3) is 0.370. The molecule has 2 aromatic carbocycles. The molecule has 1 saturated carbocycles. The highest BCUT2D eigenvalue weighted by molar-refractivity contribution is 5.98. The first-order chi connectivity index (χ1) is 16.2. The van der Waals surface area contributed by atoms with Crippen molar-refractivity contribution in [3.8, 4) is 11.1 Å². The maximum absolute atomic E-state index is 12.9. The summed E-state index contributed by atoms with van der Waals surface area (Å²) in [5, 5.41) is 12.3. The molecule has 3 fully saturated rings. The fourth-order valence-electron chi connectivity index (χ4n) is 5.97. The van der Waals surface area contributed by atoms with Crippen LogP contribution in [0.2, 0.25) is 0 Å². The van der Waals surface area contributed by atoms with Crippen molar-refractivity contribution in [1.29, 1.82) is 0 Å². The number of fused-ring (bicyclic) bond motifs is 4. The molecule has 176 valence electrons. The van der Waals surface area contributed by atoms with Crippen LogP contribution in [0.4, 0.5) is 4.79 Å². The van der Waals surface area contributed by atoms with Crippen molar-refractivity contribution >= 4 is 18.0 Å². The van der Waals surface area contributed by atoms with E-state index in [9.17, 15) is 19.5 Å². The number of hydrogen-bond donors (Lipinski definition) is 2. The van der Waals surface area contributed by atoms with Gasteiger partial charge in [-0.15, -0.1) is 0 Å². The number of hydrogen-bond acceptors (Lipinski definition) is 4. The lowest BCUT2D eigenvalue weighted by Gasteiger charge is -2.42. The molecule has 2 N–H and O–H groups in total. The van der Waals surface area contributed by atoms with E-state index in [1.807, 2.05) is 31.2 Å². The number of carbonyl (C=O) groups excluding carboxylic acids is 2. The number of benzene rings is 2. The van der Waals surface area contributed by atoms with Gasteiger partial charge in [0.25, 0.3) is 0 Å². The first-order valence-corrected chi connectivity index (χ1v) is 11.6. The van der Waals surface area contributed by atoms with E-state index < -0.39 is 17.6 Å². The van der Waals surface area contributed by atoms with Gasteiger partial charge >= 0.3 is 12.1 Å². The van der Waals surface area contributed by atoms with Gasteiger partial charge in [0.05, 0.1) is 0 Å². The lowest BCUT2D eigenvalue weighted by Crippen LogP contribution is -2.56. The topological polar surface area (TPSA) is 95.9 Å². The van der Waals surface area contributed by atoms with Crippen LogP contribution in [0.15, 0.2) is 60.2 Å². The Hall–Kier alpha value is -3.61. The highest BCUT2D eigenvalue weighted by Crippen LogP contribution is 2.59. The normalized spacial score (nSPS) is 24.8. The van der Waals surface area contributed by atoms with Gasteiger partial charge in [0, 0.05) is 24.6 Å². The van der Waals surface area contributed by atoms with Crippen LogP contribution in [0.3, 0.4) is 0 Å². The molecule has 2 aliphatic carbocycles. The Kier molecular flexibility index (Phi) is 5.23. The van der Waals surface area contributed by atoms with E-state index in [2.05, 4.69) is 29.6 Å². The predicted molar refractivity (Wildman–Crippen MR) is 126 cm³/mol. The first-order valence-electron chi connectivity index (χ1n) is 11.6. The fourth-order valence-corrected chi connectivity index (χ4v) is 5.97. The van der Waals surface area contributed by atoms with Crippen molar-refractivity contribution in [2.75, 3.05) is 19.7 Å². The largest absolute Gasteiger partial charge is 0.479 e. The summed E-state index contributed by atoms with van der Waals surface area (Å²) in [6.07, 6.45) is 2.03. The number of rotatable bonds is 6. The average molecular weight is 461 g/mol. The third kappa shape index (κ3) is 3.47. The summed E-state index contributed by atoms with van der Waals surface area (Å²) in [6.45, 7) is 4.45. The van der Waals surface area contributed by atoms with E-state index in [0.29, 0.717) is 25.0 Å². The minimum absolute atomic E-state index is 0.0211. The number of amides is 2. The molecule has 7 heteroatoms. The minimum Gasteiger partial charge on any atom is -0.479 e. The maximum atomic E-state index is 12.9. The molecule has 2 bridgehead atoms. The van der Waals surface area contributed by atoms with Crippen LogP contribution in [0.1, 0.15) is 43.7 Å². The molecule has 4 aliphatic rings. The van der Waals surface area contributed by atoms with E-state index in [-0.39, 0.29) is 30.4 Å². The predicted octanol–water partition coefficient (Wildman–Crippen LogP) is 3.94. The SMILES string of the molecule is C/C(=C\CNC(=O)OCC1c2ccccc2-c2ccccc21)C(=O)N1CC2(C)CC1(C(=O)O)C2. The van der Waals surface area contributed by atoms with Crippen LogP contribution < -0.4 is 5.32 Å². The number of carboxylic acids is 1. The molecule has 0 radical (unpaired) electrons. The summed E-state index contributed by atoms with van der Waals surface area (Å²) >= 11 is 0. The van der Waals surface area contributed by atoms with Crippen molar-refractivity contribution in [3.05, 3.63) is 71.3 Å². The quantitative estimate of drug-likeness (QED) is 0.637. The maximum Gasteiger partial charge on any atom is 0.407 e. The summed E-state index contributed by atoms with van der Waals surface area (Å²) < 4.78 is 5.51. The number of carbonyl (C=O) groups is 3. The lowest BCUT2D eigenvalue weighted by molar-refractivity contribution is -0.158. The smallest absolute Gasteiger partial charge is 0.407 e. The van der Waals surface area contributed by atoms with Gasteiger partial charge in [0.15, 0.2) is 0 Å². The van der Waals surface area contributed by atoms with Gasteiger partial charge in [-0.05, 0) is 47.4 Å². The average Bonchev–Trinajstić information content (AvgIpc) is 3.41. The van der Waals surface area contributed by atoms with Crippen molar-refractivity contribution < 1.29 is 24.2 Å². The van der Waals surface area contributed by atoms with Crippen molar-refractivity contribution in [3.63, 3.8) is 0 Å². The molecule has 2 saturated heterocycles. The van der Waals surface area contributed by atoms with Crippen LogP contribution in [0.25, 0.3) is 11.1 Å². The molecule has 0 atom stereocenters. The van der Waals surface area contributed by atoms with Gasteiger partial charge in [0.2, 0.25) is 5.91 Å². The highest BCUT2D eigenvalue weighted by Gasteiger charge is 2.68. The van der Waals surface area contributed by atoms with Crippen LogP contribution in [0, 0.1) is 5.41 Å². The van der Waals surface area contributed by atoms with E-state index in [4.69, 9.17) is 4.74 Å². The van der Waals surface area contributed by atoms with E-state index in [1.54, 1.807) is 13.0 Å². The number of ether oxygens (including phenoxy) is 1. The molecule has 2 aromatic rings. The Balaban J connectivity index is 1.17. The zero-order valence-corrected chi connectivity index (χ0v) is 19.3. The molecule has 6 rings (SSSR count). The standard InChI is InChI=1S/C27H28N2O5/c1-17(23(30)29-16-26(2)14-27(29,15-26)24(31)32)11-12-28-25(33)34-13-22-20-9-5-3-7-18(20)19-8-4-6-10-21(19)22/h3-11,22H,12-16H2,1-2H3,(H,28,33)(H,31,32)/b17-11+. The molecule has 7 nitrogen and oxygen atoms in total. The van der Waals surface area contributed by atoms with Crippen molar-refractivity contribution in [2.45, 2.75) is 38.1 Å². The zero-order valence-electron chi connectivity index (χ0n) is 19.3. The Bertz CT molecular complexity index is 1170. The number of nitrogens with zero attached hydrogens (tertiary/aromatic N) is 1. The Morgan fingerprint density at radius 3 is 2.26 bits per heavy atom. The second-order valence-corrected chi connectivity index (χ2v) is 9.99. The highest BCUT2D eigenvalue weighted by atomic mass is 16.5. The van der Waals surface area contributed by atoms with Gasteiger partial charge in [-0.3, -0.25) is 4.79 Å². The first kappa shape index (κ1) is 22.2. The van der Waals surface area contributed by atoms with E-state index in [0.717, 1.165) is 22.3 Å². The summed E-state index contributed by atoms with van der Waals surface area (Å²) in [6, 6.07) is 16.3. The molecular weight excluding hydrogens is 432 g/mol. The second kappa shape index (κ2) is 8.01. The van der Waals surface area contributed by atoms with Crippen molar-refractivity contribution in [2.24, 2.45) is 5.41 Å². The monoisotopic (exact) mass is 460 g/mol. The van der Waals surface area contributed by atoms with Crippen LogP contribution in [-0.2, 0) is 14.3 Å². The number of nitrogens with one attached hydrogen (secondary N) is 1. The number of carboxylic acid groups (broad SMARTS) is 1. The molecule has 2 amide bonds. The van der Waals surface area contributed by atoms with Crippen LogP contribution in [0.5, 0.6) is 0 Å². The minimum atomic E-state index is -1.08. The van der Waals surface area contributed by atoms with Crippen LogP contribution in [-0.4, -0.2) is 53.2 Å². The third-order valence-corrected chi connectivity index (χ3v) is 7.47. The van der Waals surface area contributed by atoms with E-state index in [1.165, 1.54) is 4.90 Å². The summed E-state index contributed by atoms with van der Waals surface area (Å²) in [4.78, 5) is 38.5. The Morgan fingerprint density at radius 2 is 1.68 bits per heavy atom. The van der Waals surface area contributed by atoms with Crippen LogP contribution >= 0.6 is 0 Å². The molecule has 0 spiro atoms. The molecule has 0 aromatic heterocycles. The molecule has 34 heavy (non-hydrogen) atoms. The summed E-state index contributed by atoms with van der Waals surface area (Å²) in [7, 11) is 0. The lowest BCUT2D eigenvalue weighted by atomic mass is 9.63. The second-order valence-electron chi connectivity index (χ2n) is 9.99. The summed E-state index contributed by atoms with van der Waals surface area (Å²) in [5.41, 5.74) is 3.82. The van der Waals surface area contributed by atoms with Gasteiger partial charge in [-0.2, -0.15) is 0 Å². The zero-order chi connectivity index (χ0) is 24.1. The van der Waals surface area contributed by atoms with Gasteiger partial charge in [-0.25, -0.2) is 9.59 Å². The molecular formula is C27H28N2O5. The van der Waals surface area contributed by atoms with E-state index >= 15 is 0 Å². The molecule has 2 aliphatic heterocycles. The number of alkyl carbamates (subject to hydrolysis) is 1.